The van der Waals surface area contributed by atoms with E-state index in [1.165, 1.54) is 0 Å². The minimum Gasteiger partial charge on any atom is -0.470 e. The molecule has 0 unspecified atom stereocenters. The Hall–Kier alpha value is -1.75. The number of rotatable bonds is 4. The molecule has 0 spiro atoms. The molecule has 1 aromatic rings. The van der Waals surface area contributed by atoms with Crippen molar-refractivity contribution in [3.05, 3.63) is 29.3 Å². The highest BCUT2D eigenvalue weighted by atomic mass is 16.7. The van der Waals surface area contributed by atoms with Gasteiger partial charge in [-0.1, -0.05) is 0 Å². The molecule has 0 aromatic heterocycles. The average Bonchev–Trinajstić information content (AvgIpc) is 2.67. The summed E-state index contributed by atoms with van der Waals surface area (Å²) in [7, 11) is 1.61. The summed E-state index contributed by atoms with van der Waals surface area (Å²) in [6, 6.07) is 5.58. The third-order valence-electron chi connectivity index (χ3n) is 2.25. The molecule has 2 rings (SSSR count). The predicted molar refractivity (Wildman–Crippen MR) is 60.0 cm³/mol. The summed E-state index contributed by atoms with van der Waals surface area (Å²) in [6.45, 7) is 1.41. The maximum atomic E-state index is 5.67. The first-order valence-electron chi connectivity index (χ1n) is 5.01. The van der Waals surface area contributed by atoms with Gasteiger partial charge in [0.05, 0.1) is 6.61 Å². The Kier molecular flexibility index (Phi) is 3.26. The second-order valence-electron chi connectivity index (χ2n) is 3.43. The standard InChI is InChI=1S/C11H14N2O3/c1-14-4-5-16-13-11-10-3-2-9(12)6-8(10)7-15-11/h2-3,6H,4-5,7,12H2,1H3/b13-11-. The second-order valence-corrected chi connectivity index (χ2v) is 3.43. The van der Waals surface area contributed by atoms with Crippen LogP contribution in [0.25, 0.3) is 0 Å². The van der Waals surface area contributed by atoms with Crippen LogP contribution in [0.2, 0.25) is 0 Å². The van der Waals surface area contributed by atoms with Crippen molar-refractivity contribution in [1.82, 2.24) is 0 Å². The number of methoxy groups -OCH3 is 1. The van der Waals surface area contributed by atoms with Crippen LogP contribution >= 0.6 is 0 Å². The second kappa shape index (κ2) is 4.85. The molecule has 0 bridgehead atoms. The van der Waals surface area contributed by atoms with Crippen molar-refractivity contribution < 1.29 is 14.3 Å². The van der Waals surface area contributed by atoms with E-state index >= 15 is 0 Å². The van der Waals surface area contributed by atoms with Crippen molar-refractivity contribution in [3.63, 3.8) is 0 Å². The van der Waals surface area contributed by atoms with Gasteiger partial charge in [-0.05, 0) is 23.4 Å². The number of oxime groups is 1. The van der Waals surface area contributed by atoms with Gasteiger partial charge in [-0.3, -0.25) is 0 Å². The molecule has 1 heterocycles. The number of nitrogens with zero attached hydrogens (tertiary/aromatic N) is 1. The summed E-state index contributed by atoms with van der Waals surface area (Å²) in [5, 5.41) is 3.91. The molecule has 86 valence electrons. The molecule has 0 atom stereocenters. The van der Waals surface area contributed by atoms with E-state index in [4.69, 9.17) is 20.0 Å². The van der Waals surface area contributed by atoms with Gasteiger partial charge in [-0.25, -0.2) is 0 Å². The van der Waals surface area contributed by atoms with Crippen LogP contribution in [0, 0.1) is 0 Å². The topological polar surface area (TPSA) is 66.1 Å². The van der Waals surface area contributed by atoms with Gasteiger partial charge >= 0.3 is 0 Å². The molecule has 16 heavy (non-hydrogen) atoms. The zero-order valence-corrected chi connectivity index (χ0v) is 9.10. The van der Waals surface area contributed by atoms with E-state index in [0.717, 1.165) is 16.8 Å². The minimum atomic E-state index is 0.410. The summed E-state index contributed by atoms with van der Waals surface area (Å²) in [4.78, 5) is 5.05. The van der Waals surface area contributed by atoms with Gasteiger partial charge in [0.25, 0.3) is 5.90 Å². The Morgan fingerprint density at radius 3 is 3.12 bits per heavy atom. The summed E-state index contributed by atoms with van der Waals surface area (Å²) >= 11 is 0. The average molecular weight is 222 g/mol. The lowest BCUT2D eigenvalue weighted by Gasteiger charge is -2.00. The number of hydrogen-bond donors (Lipinski definition) is 1. The van der Waals surface area contributed by atoms with Crippen LogP contribution in [0.4, 0.5) is 5.69 Å². The summed E-state index contributed by atoms with van der Waals surface area (Å²) in [5.41, 5.74) is 8.37. The van der Waals surface area contributed by atoms with E-state index in [-0.39, 0.29) is 0 Å². The molecule has 0 saturated heterocycles. The van der Waals surface area contributed by atoms with Crippen molar-refractivity contribution in [2.24, 2.45) is 5.16 Å². The van der Waals surface area contributed by atoms with Crippen molar-refractivity contribution in [2.75, 3.05) is 26.1 Å². The van der Waals surface area contributed by atoms with Crippen molar-refractivity contribution >= 4 is 11.6 Å². The van der Waals surface area contributed by atoms with Crippen molar-refractivity contribution in [2.45, 2.75) is 6.61 Å². The molecular weight excluding hydrogens is 208 g/mol. The van der Waals surface area contributed by atoms with Gasteiger partial charge in [0.2, 0.25) is 0 Å². The predicted octanol–water partition coefficient (Wildman–Crippen LogP) is 1.12. The van der Waals surface area contributed by atoms with Crippen LogP contribution < -0.4 is 5.73 Å². The highest BCUT2D eigenvalue weighted by Crippen LogP contribution is 2.22. The van der Waals surface area contributed by atoms with Gasteiger partial charge in [-0.15, -0.1) is 0 Å². The van der Waals surface area contributed by atoms with Crippen LogP contribution in [-0.2, 0) is 20.9 Å². The lowest BCUT2D eigenvalue weighted by atomic mass is 10.1. The smallest absolute Gasteiger partial charge is 0.258 e. The number of nitrogens with two attached hydrogens (primary N) is 1. The van der Waals surface area contributed by atoms with Crippen LogP contribution in [0.1, 0.15) is 11.1 Å². The third-order valence-corrected chi connectivity index (χ3v) is 2.25. The largest absolute Gasteiger partial charge is 0.470 e. The Morgan fingerprint density at radius 1 is 1.44 bits per heavy atom. The quantitative estimate of drug-likeness (QED) is 0.471. The maximum absolute atomic E-state index is 5.67. The molecule has 0 saturated carbocycles. The Labute approximate surface area is 93.8 Å². The molecule has 0 amide bonds. The number of nitrogen functional groups attached to an aromatic ring is 1. The highest BCUT2D eigenvalue weighted by Gasteiger charge is 2.19. The Bertz CT molecular complexity index is 404. The molecule has 2 N–H and O–H groups in total. The van der Waals surface area contributed by atoms with Gasteiger partial charge in [0, 0.05) is 23.9 Å². The molecule has 1 aliphatic heterocycles. The monoisotopic (exact) mass is 222 g/mol. The molecule has 0 fully saturated rings. The summed E-state index contributed by atoms with van der Waals surface area (Å²) < 4.78 is 10.2. The lowest BCUT2D eigenvalue weighted by molar-refractivity contribution is 0.0706. The molecule has 5 heteroatoms. The fourth-order valence-corrected chi connectivity index (χ4v) is 1.47. The Morgan fingerprint density at radius 2 is 2.31 bits per heavy atom. The SMILES string of the molecule is COCCO/N=C1\OCc2cc(N)ccc21. The van der Waals surface area contributed by atoms with E-state index in [2.05, 4.69) is 5.16 Å². The summed E-state index contributed by atoms with van der Waals surface area (Å²) in [5.74, 6) is 0.506. The fraction of sp³-hybridized carbons (Fsp3) is 0.364. The molecule has 1 aromatic carbocycles. The van der Waals surface area contributed by atoms with E-state index in [1.54, 1.807) is 7.11 Å². The van der Waals surface area contributed by atoms with Crippen LogP contribution in [0.3, 0.4) is 0 Å². The zero-order valence-electron chi connectivity index (χ0n) is 9.10. The van der Waals surface area contributed by atoms with E-state index < -0.39 is 0 Å². The summed E-state index contributed by atoms with van der Waals surface area (Å²) in [6.07, 6.45) is 0. The lowest BCUT2D eigenvalue weighted by Crippen LogP contribution is -2.02. The first kappa shape index (κ1) is 10.8. The minimum absolute atomic E-state index is 0.410. The number of ether oxygens (including phenoxy) is 2. The molecule has 5 nitrogen and oxygen atoms in total. The van der Waals surface area contributed by atoms with E-state index in [9.17, 15) is 0 Å². The fourth-order valence-electron chi connectivity index (χ4n) is 1.47. The van der Waals surface area contributed by atoms with Gasteiger partial charge < -0.3 is 20.0 Å². The maximum Gasteiger partial charge on any atom is 0.258 e. The molecular formula is C11H14N2O3. The first-order chi connectivity index (χ1) is 7.81. The first-order valence-corrected chi connectivity index (χ1v) is 5.01. The Balaban J connectivity index is 2.05. The zero-order chi connectivity index (χ0) is 11.4. The molecule has 0 aliphatic carbocycles. The number of fused-ring (bicyclic) bond motifs is 1. The normalized spacial score (nSPS) is 15.9. The van der Waals surface area contributed by atoms with Gasteiger partial charge in [0.15, 0.2) is 0 Å². The van der Waals surface area contributed by atoms with Gasteiger partial charge in [0.1, 0.15) is 13.2 Å². The van der Waals surface area contributed by atoms with Crippen LogP contribution in [-0.4, -0.2) is 26.2 Å². The van der Waals surface area contributed by atoms with Gasteiger partial charge in [-0.2, -0.15) is 0 Å². The van der Waals surface area contributed by atoms with Crippen molar-refractivity contribution in [3.8, 4) is 0 Å². The number of benzene rings is 1. The number of hydrogen-bond acceptors (Lipinski definition) is 5. The third kappa shape index (κ3) is 2.25. The highest BCUT2D eigenvalue weighted by molar-refractivity contribution is 5.97. The molecule has 1 aliphatic rings. The van der Waals surface area contributed by atoms with E-state index in [1.807, 2.05) is 18.2 Å². The van der Waals surface area contributed by atoms with Crippen molar-refractivity contribution in [1.29, 1.82) is 0 Å². The van der Waals surface area contributed by atoms with Crippen LogP contribution in [0.5, 0.6) is 0 Å². The van der Waals surface area contributed by atoms with Crippen LogP contribution in [0.15, 0.2) is 23.4 Å². The molecule has 0 radical (unpaired) electrons. The van der Waals surface area contributed by atoms with E-state index in [0.29, 0.717) is 25.7 Å². The number of anilines is 1.